The summed E-state index contributed by atoms with van der Waals surface area (Å²) in [6.45, 7) is 2.73. The van der Waals surface area contributed by atoms with Crippen molar-refractivity contribution in [1.29, 1.82) is 5.26 Å². The number of aliphatic hydroxyl groups is 1. The Morgan fingerprint density at radius 3 is 2.56 bits per heavy atom. The van der Waals surface area contributed by atoms with Crippen molar-refractivity contribution in [2.45, 2.75) is 101 Å². The molecule has 6 fully saturated rings. The number of nitrogens with one attached hydrogen (secondary N) is 3. The van der Waals surface area contributed by atoms with E-state index in [-0.39, 0.29) is 11.2 Å². The highest BCUT2D eigenvalue weighted by molar-refractivity contribution is 5.53. The lowest BCUT2D eigenvalue weighted by Crippen LogP contribution is -2.61. The Morgan fingerprint density at radius 1 is 1.02 bits per heavy atom. The highest BCUT2D eigenvalue weighted by atomic mass is 16.3. The maximum Gasteiger partial charge on any atom is 0.224 e. The largest absolute Gasteiger partial charge is 0.508 e. The second-order valence-corrected chi connectivity index (χ2v) is 14.3. The number of para-hydroxylation sites is 1. The zero-order chi connectivity index (χ0) is 29.4. The molecule has 0 radical (unpaired) electrons. The summed E-state index contributed by atoms with van der Waals surface area (Å²) in [5.74, 6) is 3.57. The third-order valence-corrected chi connectivity index (χ3v) is 11.6. The minimum Gasteiger partial charge on any atom is -0.508 e. The summed E-state index contributed by atoms with van der Waals surface area (Å²) in [5, 5.41) is 40.7. The minimum atomic E-state index is 0.238. The van der Waals surface area contributed by atoms with Crippen molar-refractivity contribution in [2.24, 2.45) is 23.2 Å². The van der Waals surface area contributed by atoms with Crippen molar-refractivity contribution in [2.75, 3.05) is 30.3 Å². The molecule has 5 aliphatic carbocycles. The van der Waals surface area contributed by atoms with E-state index in [0.717, 1.165) is 36.3 Å². The second kappa shape index (κ2) is 12.2. The van der Waals surface area contributed by atoms with Crippen LogP contribution in [0.2, 0.25) is 0 Å². The Morgan fingerprint density at radius 2 is 1.81 bits per heavy atom. The van der Waals surface area contributed by atoms with Crippen molar-refractivity contribution in [3.8, 4) is 11.8 Å². The van der Waals surface area contributed by atoms with Crippen molar-refractivity contribution in [1.82, 2.24) is 20.2 Å². The molecule has 6 aliphatic rings. The van der Waals surface area contributed by atoms with Gasteiger partial charge in [-0.3, -0.25) is 4.90 Å². The average molecular weight is 586 g/mol. The van der Waals surface area contributed by atoms with Gasteiger partial charge in [0.05, 0.1) is 12.8 Å². The molecule has 6 atom stereocenters. The molecule has 43 heavy (non-hydrogen) atoms. The molecular weight excluding hydrogens is 538 g/mol. The summed E-state index contributed by atoms with van der Waals surface area (Å²) in [6.07, 6.45) is 15.5. The number of likely N-dealkylation sites (tertiary alicyclic amines) is 1. The van der Waals surface area contributed by atoms with Crippen LogP contribution in [0.15, 0.2) is 30.5 Å². The highest BCUT2D eigenvalue weighted by Gasteiger charge is 2.55. The average Bonchev–Trinajstić information content (AvgIpc) is 3.51. The summed E-state index contributed by atoms with van der Waals surface area (Å²) in [7, 11) is 0. The first kappa shape index (κ1) is 28.8. The molecular formula is C34H47N7O2. The van der Waals surface area contributed by atoms with Crippen LogP contribution in [-0.4, -0.2) is 68.9 Å². The van der Waals surface area contributed by atoms with Crippen molar-refractivity contribution < 1.29 is 10.2 Å². The Balaban J connectivity index is 0.955. The van der Waals surface area contributed by atoms with Crippen LogP contribution in [0.3, 0.4) is 0 Å². The topological polar surface area (TPSA) is 129 Å². The Bertz CT molecular complexity index is 1310. The molecule has 1 aromatic heterocycles. The minimum absolute atomic E-state index is 0.238. The van der Waals surface area contributed by atoms with Crippen LogP contribution in [-0.2, 0) is 6.54 Å². The van der Waals surface area contributed by atoms with Crippen molar-refractivity contribution >= 4 is 11.8 Å². The number of nitrogens with zero attached hydrogens (tertiary/aromatic N) is 4. The molecule has 9 nitrogen and oxygen atoms in total. The van der Waals surface area contributed by atoms with Gasteiger partial charge in [-0.1, -0.05) is 18.2 Å². The Kier molecular flexibility index (Phi) is 8.19. The van der Waals surface area contributed by atoms with Crippen LogP contribution < -0.4 is 16.0 Å². The molecule has 2 aromatic rings. The maximum absolute atomic E-state index is 10.1. The molecule has 0 amide bonds. The van der Waals surface area contributed by atoms with Gasteiger partial charge in [0, 0.05) is 42.8 Å². The zero-order valence-corrected chi connectivity index (χ0v) is 25.2. The lowest BCUT2D eigenvalue weighted by molar-refractivity contribution is -0.0735. The number of anilines is 2. The number of phenolic OH excluding ortho intramolecular Hbond substituents is 1. The first-order chi connectivity index (χ1) is 21.0. The van der Waals surface area contributed by atoms with E-state index < -0.39 is 0 Å². The van der Waals surface area contributed by atoms with E-state index in [1.54, 1.807) is 18.3 Å². The number of hydrogen-bond donors (Lipinski definition) is 5. The number of aromatic hydroxyl groups is 1. The van der Waals surface area contributed by atoms with Crippen LogP contribution in [0, 0.1) is 34.5 Å². The van der Waals surface area contributed by atoms with Gasteiger partial charge in [0.2, 0.25) is 5.95 Å². The van der Waals surface area contributed by atoms with Gasteiger partial charge in [0.25, 0.3) is 0 Å². The summed E-state index contributed by atoms with van der Waals surface area (Å²) in [6, 6.07) is 11.8. The lowest BCUT2D eigenvalue weighted by atomic mass is 9.47. The van der Waals surface area contributed by atoms with E-state index in [1.165, 1.54) is 70.8 Å². The molecule has 1 saturated heterocycles. The van der Waals surface area contributed by atoms with E-state index in [2.05, 4.69) is 36.9 Å². The molecule has 0 spiro atoms. The van der Waals surface area contributed by atoms with E-state index in [1.807, 2.05) is 12.1 Å². The number of aromatic nitrogens is 2. The van der Waals surface area contributed by atoms with Gasteiger partial charge >= 0.3 is 0 Å². The van der Waals surface area contributed by atoms with Crippen LogP contribution in [0.1, 0.15) is 81.8 Å². The van der Waals surface area contributed by atoms with Crippen LogP contribution in [0.5, 0.6) is 5.75 Å². The van der Waals surface area contributed by atoms with Gasteiger partial charge in [0.1, 0.15) is 23.2 Å². The monoisotopic (exact) mass is 585 g/mol. The molecule has 1 aromatic carbocycles. The summed E-state index contributed by atoms with van der Waals surface area (Å²) in [4.78, 5) is 11.6. The van der Waals surface area contributed by atoms with Gasteiger partial charge in [-0.05, 0) is 106 Å². The van der Waals surface area contributed by atoms with Gasteiger partial charge in [-0.2, -0.15) is 10.2 Å². The number of phenols is 1. The Hall–Kier alpha value is -2.93. The third-order valence-electron chi connectivity index (χ3n) is 11.6. The normalized spacial score (nSPS) is 35.1. The predicted molar refractivity (Wildman–Crippen MR) is 166 cm³/mol. The summed E-state index contributed by atoms with van der Waals surface area (Å²) >= 11 is 0. The molecule has 9 heteroatoms. The molecule has 1 aliphatic heterocycles. The molecule has 230 valence electrons. The molecule has 1 unspecified atom stereocenters. The fourth-order valence-corrected chi connectivity index (χ4v) is 9.85. The van der Waals surface area contributed by atoms with Gasteiger partial charge in [-0.15, -0.1) is 0 Å². The molecule has 4 bridgehead atoms. The van der Waals surface area contributed by atoms with E-state index in [9.17, 15) is 15.5 Å². The van der Waals surface area contributed by atoms with Crippen molar-refractivity contribution in [3.05, 3.63) is 41.6 Å². The van der Waals surface area contributed by atoms with E-state index in [0.29, 0.717) is 54.6 Å². The van der Waals surface area contributed by atoms with E-state index >= 15 is 0 Å². The SMILES string of the molecule is N#Cc1cnc(NCc2ccccc2O)nc1NC[C@]12CC3C[C@H](C1)[C@@H](NC1CCC(N4CCC[C@@H]4CO)CC1)[C@@H](C3)C2. The van der Waals surface area contributed by atoms with Crippen LogP contribution >= 0.6 is 0 Å². The van der Waals surface area contributed by atoms with Crippen molar-refractivity contribution in [3.63, 3.8) is 0 Å². The standard InChI is InChI=1S/C34H47N7O2/c35-17-26-19-37-33(36-18-23-4-1-2-6-30(23)43)40-32(26)38-21-34-14-22-12-24(15-34)31(25(13-22)16-34)39-27-7-9-28(10-8-27)41-11-3-5-29(41)20-42/h1-2,4,6,19,22,24-25,27-29,31,39,42-43H,3,5,7-16,18,20-21H2,(H2,36,37,38,40)/t22?,24-,25+,27?,28?,29-,31-,34-/m1/s1. The predicted octanol–water partition coefficient (Wildman–Crippen LogP) is 4.63. The van der Waals surface area contributed by atoms with Crippen LogP contribution in [0.25, 0.3) is 0 Å². The summed E-state index contributed by atoms with van der Waals surface area (Å²) in [5.41, 5.74) is 1.51. The molecule has 2 heterocycles. The zero-order valence-electron chi connectivity index (χ0n) is 25.2. The quantitative estimate of drug-likeness (QED) is 0.271. The lowest BCUT2D eigenvalue weighted by Gasteiger charge is -2.61. The van der Waals surface area contributed by atoms with Gasteiger partial charge in [-0.25, -0.2) is 4.98 Å². The van der Waals surface area contributed by atoms with Gasteiger partial charge < -0.3 is 26.2 Å². The number of aliphatic hydroxyl groups excluding tert-OH is 1. The number of hydrogen-bond acceptors (Lipinski definition) is 9. The summed E-state index contributed by atoms with van der Waals surface area (Å²) < 4.78 is 0. The van der Waals surface area contributed by atoms with Crippen LogP contribution in [0.4, 0.5) is 11.8 Å². The Labute approximate surface area is 255 Å². The number of rotatable bonds is 10. The first-order valence-corrected chi connectivity index (χ1v) is 16.7. The fourth-order valence-electron chi connectivity index (χ4n) is 9.85. The third kappa shape index (κ3) is 5.94. The maximum atomic E-state index is 10.1. The number of benzene rings is 1. The van der Waals surface area contributed by atoms with Gasteiger partial charge in [0.15, 0.2) is 0 Å². The van der Waals surface area contributed by atoms with E-state index in [4.69, 9.17) is 0 Å². The first-order valence-electron chi connectivity index (χ1n) is 16.7. The smallest absolute Gasteiger partial charge is 0.224 e. The molecule has 5 saturated carbocycles. The highest BCUT2D eigenvalue weighted by Crippen LogP contribution is 2.60. The fraction of sp³-hybridized carbons (Fsp3) is 0.676. The molecule has 5 N–H and O–H groups in total. The molecule has 8 rings (SSSR count). The number of nitriles is 1. The second-order valence-electron chi connectivity index (χ2n) is 14.3.